The van der Waals surface area contributed by atoms with Crippen molar-refractivity contribution in [3.05, 3.63) is 41.0 Å². The second-order valence-corrected chi connectivity index (χ2v) is 12.8. The number of aryl methyl sites for hydroxylation is 1. The minimum atomic E-state index is -0.779. The number of hydrogen-bond acceptors (Lipinski definition) is 7. The van der Waals surface area contributed by atoms with Crippen molar-refractivity contribution in [2.24, 2.45) is 10.8 Å². The lowest BCUT2D eigenvalue weighted by Crippen LogP contribution is -2.57. The molecule has 0 bridgehead atoms. The first-order valence-corrected chi connectivity index (χ1v) is 13.6. The number of Topliss-reactive ketones (excluding diaryl/α,β-unsaturated/α-hetero) is 1. The van der Waals surface area contributed by atoms with Crippen molar-refractivity contribution >= 4 is 28.9 Å². The van der Waals surface area contributed by atoms with E-state index in [1.54, 1.807) is 11.3 Å². The molecule has 1 saturated heterocycles. The third-order valence-electron chi connectivity index (χ3n) is 6.71. The molecule has 2 amide bonds. The fourth-order valence-corrected chi connectivity index (χ4v) is 5.17. The summed E-state index contributed by atoms with van der Waals surface area (Å²) in [5, 5.41) is 16.4. The lowest BCUT2D eigenvalue weighted by Gasteiger charge is -2.35. The van der Waals surface area contributed by atoms with E-state index in [0.717, 1.165) is 21.7 Å². The van der Waals surface area contributed by atoms with Gasteiger partial charge in [-0.1, -0.05) is 65.8 Å². The average Bonchev–Trinajstić information content (AvgIpc) is 3.41. The molecule has 1 aromatic carbocycles. The largest absolute Gasteiger partial charge is 0.391 e. The summed E-state index contributed by atoms with van der Waals surface area (Å²) in [5.74, 6) is -0.581. The summed E-state index contributed by atoms with van der Waals surface area (Å²) in [6.07, 6.45) is -0.600. The topological polar surface area (TPSA) is 112 Å². The standard InChI is InChI=1S/C28H40N4O4S/c1-17-23(37-16-31-17)19-10-8-18(9-11-19)13-30-25(35)21-12-20(33)15-32(21)26(36)24(28(5,6)7)29-14-22(34)27(2,3)4/h8-11,16,20-21,24,29,33H,12-15H2,1-7H3,(H,30,35)/t20-,21+,24?/m1/s1. The number of carbonyl (C=O) groups excluding carboxylic acids is 3. The summed E-state index contributed by atoms with van der Waals surface area (Å²) in [4.78, 5) is 46.1. The first-order valence-electron chi connectivity index (χ1n) is 12.7. The minimum Gasteiger partial charge on any atom is -0.391 e. The van der Waals surface area contributed by atoms with Crippen LogP contribution in [0.15, 0.2) is 29.8 Å². The molecule has 202 valence electrons. The van der Waals surface area contributed by atoms with Gasteiger partial charge in [0, 0.05) is 24.9 Å². The highest BCUT2D eigenvalue weighted by molar-refractivity contribution is 7.13. The number of aliphatic hydroxyl groups excluding tert-OH is 1. The predicted octanol–water partition coefficient (Wildman–Crippen LogP) is 3.32. The van der Waals surface area contributed by atoms with E-state index >= 15 is 0 Å². The molecule has 1 fully saturated rings. The van der Waals surface area contributed by atoms with E-state index in [1.165, 1.54) is 4.90 Å². The minimum absolute atomic E-state index is 0.00169. The highest BCUT2D eigenvalue weighted by Gasteiger charge is 2.44. The van der Waals surface area contributed by atoms with E-state index in [-0.39, 0.29) is 37.1 Å². The van der Waals surface area contributed by atoms with Crippen LogP contribution in [0.5, 0.6) is 0 Å². The number of thiazole rings is 1. The van der Waals surface area contributed by atoms with Crippen molar-refractivity contribution < 1.29 is 19.5 Å². The second-order valence-electron chi connectivity index (χ2n) is 11.9. The van der Waals surface area contributed by atoms with E-state index in [2.05, 4.69) is 15.6 Å². The zero-order chi connectivity index (χ0) is 27.5. The average molecular weight is 529 g/mol. The van der Waals surface area contributed by atoms with Crippen LogP contribution < -0.4 is 10.6 Å². The molecule has 0 saturated carbocycles. The summed E-state index contributed by atoms with van der Waals surface area (Å²) < 4.78 is 0. The van der Waals surface area contributed by atoms with Gasteiger partial charge in [-0.2, -0.15) is 0 Å². The van der Waals surface area contributed by atoms with Crippen LogP contribution in [0.3, 0.4) is 0 Å². The molecule has 3 atom stereocenters. The number of nitrogens with zero attached hydrogens (tertiary/aromatic N) is 2. The monoisotopic (exact) mass is 528 g/mol. The number of β-amino-alcohol motifs (C(OH)–C–C–N with tert-alkyl or cyclic N) is 1. The summed E-state index contributed by atoms with van der Waals surface area (Å²) in [7, 11) is 0. The third kappa shape index (κ3) is 7.24. The van der Waals surface area contributed by atoms with Gasteiger partial charge in [-0.05, 0) is 23.5 Å². The first-order chi connectivity index (χ1) is 17.2. The molecule has 0 aliphatic carbocycles. The summed E-state index contributed by atoms with van der Waals surface area (Å²) in [6, 6.07) is 6.50. The van der Waals surface area contributed by atoms with Crippen LogP contribution in [0.1, 0.15) is 59.2 Å². The number of amides is 2. The first kappa shape index (κ1) is 28.9. The van der Waals surface area contributed by atoms with Crippen LogP contribution in [0, 0.1) is 17.8 Å². The fraction of sp³-hybridized carbons (Fsp3) is 0.571. The Morgan fingerprint density at radius 3 is 2.32 bits per heavy atom. The maximum Gasteiger partial charge on any atom is 0.243 e. The zero-order valence-electron chi connectivity index (χ0n) is 22.9. The molecule has 1 aliphatic rings. The SMILES string of the molecule is Cc1ncsc1-c1ccc(CNC(=O)[C@@H]2C[C@@H](O)CN2C(=O)C(NCC(=O)C(C)(C)C)C(C)(C)C)cc1. The number of carbonyl (C=O) groups is 3. The predicted molar refractivity (Wildman–Crippen MR) is 146 cm³/mol. The highest BCUT2D eigenvalue weighted by Crippen LogP contribution is 2.28. The molecule has 9 heteroatoms. The number of nitrogens with one attached hydrogen (secondary N) is 2. The number of ketones is 1. The van der Waals surface area contributed by atoms with Crippen molar-refractivity contribution in [1.82, 2.24) is 20.5 Å². The van der Waals surface area contributed by atoms with Crippen LogP contribution in [0.25, 0.3) is 10.4 Å². The van der Waals surface area contributed by atoms with Crippen LogP contribution in [-0.2, 0) is 20.9 Å². The van der Waals surface area contributed by atoms with Gasteiger partial charge in [0.1, 0.15) is 6.04 Å². The van der Waals surface area contributed by atoms with Crippen molar-refractivity contribution in [1.29, 1.82) is 0 Å². The molecule has 1 aliphatic heterocycles. The Balaban J connectivity index is 1.67. The summed E-state index contributed by atoms with van der Waals surface area (Å²) in [5.41, 5.74) is 3.80. The number of aliphatic hydroxyl groups is 1. The van der Waals surface area contributed by atoms with E-state index < -0.39 is 29.0 Å². The van der Waals surface area contributed by atoms with Crippen LogP contribution in [0.4, 0.5) is 0 Å². The zero-order valence-corrected chi connectivity index (χ0v) is 23.7. The Morgan fingerprint density at radius 2 is 1.78 bits per heavy atom. The lowest BCUT2D eigenvalue weighted by atomic mass is 9.84. The summed E-state index contributed by atoms with van der Waals surface area (Å²) >= 11 is 1.59. The van der Waals surface area contributed by atoms with Gasteiger partial charge >= 0.3 is 0 Å². The van der Waals surface area contributed by atoms with Gasteiger partial charge in [0.15, 0.2) is 5.78 Å². The van der Waals surface area contributed by atoms with E-state index in [9.17, 15) is 19.5 Å². The third-order valence-corrected chi connectivity index (χ3v) is 7.69. The molecule has 0 spiro atoms. The molecule has 1 aromatic heterocycles. The molecule has 8 nitrogen and oxygen atoms in total. The molecule has 3 N–H and O–H groups in total. The van der Waals surface area contributed by atoms with Crippen LogP contribution in [-0.4, -0.2) is 63.9 Å². The molecule has 0 radical (unpaired) electrons. The van der Waals surface area contributed by atoms with Gasteiger partial charge < -0.3 is 15.3 Å². The number of hydrogen-bond donors (Lipinski definition) is 3. The van der Waals surface area contributed by atoms with Gasteiger partial charge in [0.05, 0.1) is 34.8 Å². The Labute approximate surface area is 223 Å². The van der Waals surface area contributed by atoms with Crippen molar-refractivity contribution in [2.45, 2.75) is 79.6 Å². The smallest absolute Gasteiger partial charge is 0.243 e. The molecule has 3 rings (SSSR count). The van der Waals surface area contributed by atoms with E-state index in [1.807, 2.05) is 78.2 Å². The summed E-state index contributed by atoms with van der Waals surface area (Å²) in [6.45, 7) is 13.7. The van der Waals surface area contributed by atoms with Gasteiger partial charge in [-0.15, -0.1) is 11.3 Å². The fourth-order valence-electron chi connectivity index (χ4n) is 4.36. The Hall–Kier alpha value is -2.62. The number of benzene rings is 1. The number of rotatable bonds is 8. The van der Waals surface area contributed by atoms with Crippen LogP contribution in [0.2, 0.25) is 0 Å². The van der Waals surface area contributed by atoms with Crippen molar-refractivity contribution in [3.63, 3.8) is 0 Å². The Morgan fingerprint density at radius 1 is 1.14 bits per heavy atom. The maximum atomic E-state index is 13.6. The van der Waals surface area contributed by atoms with E-state index in [4.69, 9.17) is 0 Å². The van der Waals surface area contributed by atoms with Gasteiger partial charge in [0.2, 0.25) is 11.8 Å². The molecule has 37 heavy (non-hydrogen) atoms. The van der Waals surface area contributed by atoms with Crippen molar-refractivity contribution in [3.8, 4) is 10.4 Å². The molecular formula is C28H40N4O4S. The molecular weight excluding hydrogens is 488 g/mol. The molecule has 1 unspecified atom stereocenters. The van der Waals surface area contributed by atoms with E-state index in [0.29, 0.717) is 6.54 Å². The molecule has 2 heterocycles. The Bertz CT molecular complexity index is 1110. The van der Waals surface area contributed by atoms with Gasteiger partial charge in [0.25, 0.3) is 0 Å². The Kier molecular flexibility index (Phi) is 8.93. The van der Waals surface area contributed by atoms with Gasteiger partial charge in [-0.25, -0.2) is 4.98 Å². The number of aromatic nitrogens is 1. The quantitative estimate of drug-likeness (QED) is 0.485. The van der Waals surface area contributed by atoms with Gasteiger partial charge in [-0.3, -0.25) is 19.7 Å². The lowest BCUT2D eigenvalue weighted by molar-refractivity contribution is -0.142. The van der Waals surface area contributed by atoms with Crippen LogP contribution >= 0.6 is 11.3 Å². The highest BCUT2D eigenvalue weighted by atomic mass is 32.1. The molecule has 2 aromatic rings. The number of likely N-dealkylation sites (tertiary alicyclic amines) is 1. The second kappa shape index (κ2) is 11.4. The normalized spacial score (nSPS) is 19.1. The maximum absolute atomic E-state index is 13.6. The van der Waals surface area contributed by atoms with Crippen molar-refractivity contribution in [2.75, 3.05) is 13.1 Å².